The van der Waals surface area contributed by atoms with Gasteiger partial charge in [-0.2, -0.15) is 5.26 Å². The van der Waals surface area contributed by atoms with Crippen LogP contribution in [-0.2, 0) is 0 Å². The molecule has 0 bridgehead atoms. The molecule has 0 radical (unpaired) electrons. The summed E-state index contributed by atoms with van der Waals surface area (Å²) >= 11 is 0. The molecular weight excluding hydrogens is 185 g/mol. The molecule has 0 aliphatic carbocycles. The number of ether oxygens (including phenoxy) is 1. The zero-order chi connectivity index (χ0) is 10.4. The van der Waals surface area contributed by atoms with E-state index < -0.39 is 5.82 Å². The third-order valence-electron chi connectivity index (χ3n) is 1.63. The van der Waals surface area contributed by atoms with Crippen LogP contribution < -0.4 is 4.74 Å². The van der Waals surface area contributed by atoms with Crippen LogP contribution in [0.25, 0.3) is 0 Å². The van der Waals surface area contributed by atoms with Crippen LogP contribution in [0.15, 0.2) is 18.2 Å². The van der Waals surface area contributed by atoms with Gasteiger partial charge in [-0.3, -0.25) is 0 Å². The SMILES string of the molecule is N#Cc1ccc(OCCCO)cc1F. The van der Waals surface area contributed by atoms with Crippen LogP contribution in [0.4, 0.5) is 4.39 Å². The molecule has 0 saturated heterocycles. The third-order valence-corrected chi connectivity index (χ3v) is 1.63. The fourth-order valence-corrected chi connectivity index (χ4v) is 0.931. The summed E-state index contributed by atoms with van der Waals surface area (Å²) in [6.07, 6.45) is 0.502. The van der Waals surface area contributed by atoms with E-state index >= 15 is 0 Å². The largest absolute Gasteiger partial charge is 0.493 e. The van der Waals surface area contributed by atoms with Gasteiger partial charge in [-0.05, 0) is 12.1 Å². The molecule has 0 atom stereocenters. The molecule has 0 heterocycles. The van der Waals surface area contributed by atoms with E-state index in [0.717, 1.165) is 6.07 Å². The molecule has 14 heavy (non-hydrogen) atoms. The number of rotatable bonds is 4. The van der Waals surface area contributed by atoms with Crippen molar-refractivity contribution < 1.29 is 14.2 Å². The summed E-state index contributed by atoms with van der Waals surface area (Å²) in [4.78, 5) is 0. The Morgan fingerprint density at radius 3 is 2.86 bits per heavy atom. The molecule has 0 spiro atoms. The lowest BCUT2D eigenvalue weighted by Crippen LogP contribution is -2.00. The summed E-state index contributed by atoms with van der Waals surface area (Å²) < 4.78 is 18.1. The minimum atomic E-state index is -0.589. The minimum Gasteiger partial charge on any atom is -0.493 e. The normalized spacial score (nSPS) is 9.50. The second-order valence-corrected chi connectivity index (χ2v) is 2.68. The topological polar surface area (TPSA) is 53.2 Å². The van der Waals surface area contributed by atoms with E-state index in [-0.39, 0.29) is 12.2 Å². The summed E-state index contributed by atoms with van der Waals surface area (Å²) in [5, 5.41) is 16.9. The molecule has 1 aromatic rings. The average Bonchev–Trinajstić information content (AvgIpc) is 2.18. The predicted octanol–water partition coefficient (Wildman–Crippen LogP) is 1.46. The van der Waals surface area contributed by atoms with Gasteiger partial charge >= 0.3 is 0 Å². The molecule has 0 unspecified atom stereocenters. The molecular formula is C10H10FNO2. The Morgan fingerprint density at radius 2 is 2.29 bits per heavy atom. The highest BCUT2D eigenvalue weighted by molar-refractivity contribution is 5.36. The van der Waals surface area contributed by atoms with Crippen molar-refractivity contribution in [3.05, 3.63) is 29.6 Å². The third kappa shape index (κ3) is 2.71. The summed E-state index contributed by atoms with van der Waals surface area (Å²) in [6.45, 7) is 0.376. The Bertz CT molecular complexity index is 346. The number of halogens is 1. The maximum absolute atomic E-state index is 13.0. The van der Waals surface area contributed by atoms with Crippen molar-refractivity contribution in [2.24, 2.45) is 0 Å². The maximum atomic E-state index is 13.0. The van der Waals surface area contributed by atoms with Crippen LogP contribution in [0.1, 0.15) is 12.0 Å². The van der Waals surface area contributed by atoms with Gasteiger partial charge in [0, 0.05) is 19.1 Å². The first kappa shape index (κ1) is 10.5. The van der Waals surface area contributed by atoms with Crippen LogP contribution in [0.3, 0.4) is 0 Å². The van der Waals surface area contributed by atoms with E-state index in [1.54, 1.807) is 6.07 Å². The van der Waals surface area contributed by atoms with Crippen molar-refractivity contribution in [1.29, 1.82) is 5.26 Å². The monoisotopic (exact) mass is 195 g/mol. The Balaban J connectivity index is 2.63. The second-order valence-electron chi connectivity index (χ2n) is 2.68. The van der Waals surface area contributed by atoms with Gasteiger partial charge in [0.15, 0.2) is 0 Å². The van der Waals surface area contributed by atoms with Gasteiger partial charge in [-0.25, -0.2) is 4.39 Å². The van der Waals surface area contributed by atoms with Crippen molar-refractivity contribution in [2.75, 3.05) is 13.2 Å². The Labute approximate surface area is 81.4 Å². The van der Waals surface area contributed by atoms with Gasteiger partial charge < -0.3 is 9.84 Å². The highest BCUT2D eigenvalue weighted by Crippen LogP contribution is 2.15. The van der Waals surface area contributed by atoms with Crippen molar-refractivity contribution in [2.45, 2.75) is 6.42 Å². The standard InChI is InChI=1S/C10H10FNO2/c11-10-6-9(14-5-1-4-13)3-2-8(10)7-12/h2-3,6,13H,1,4-5H2. The zero-order valence-electron chi connectivity index (χ0n) is 7.53. The van der Waals surface area contributed by atoms with Crippen LogP contribution in [0.2, 0.25) is 0 Å². The van der Waals surface area contributed by atoms with Gasteiger partial charge in [0.25, 0.3) is 0 Å². The number of hydrogen-bond donors (Lipinski definition) is 1. The summed E-state index contributed by atoms with van der Waals surface area (Å²) in [5.41, 5.74) is -0.000455. The second kappa shape index (κ2) is 5.20. The molecule has 1 rings (SSSR count). The quantitative estimate of drug-likeness (QED) is 0.740. The van der Waals surface area contributed by atoms with Crippen LogP contribution in [0, 0.1) is 17.1 Å². The molecule has 0 saturated carbocycles. The van der Waals surface area contributed by atoms with Crippen LogP contribution in [-0.4, -0.2) is 18.3 Å². The lowest BCUT2D eigenvalue weighted by atomic mass is 10.2. The molecule has 3 nitrogen and oxygen atoms in total. The number of hydrogen-bond acceptors (Lipinski definition) is 3. The molecule has 1 aromatic carbocycles. The first-order chi connectivity index (χ1) is 6.77. The van der Waals surface area contributed by atoms with E-state index in [0.29, 0.717) is 18.8 Å². The van der Waals surface area contributed by atoms with Crippen LogP contribution >= 0.6 is 0 Å². The number of nitrogens with zero attached hydrogens (tertiary/aromatic N) is 1. The van der Waals surface area contributed by atoms with E-state index in [9.17, 15) is 4.39 Å². The number of nitriles is 1. The molecule has 0 amide bonds. The Hall–Kier alpha value is -1.60. The van der Waals surface area contributed by atoms with Crippen molar-refractivity contribution in [3.63, 3.8) is 0 Å². The van der Waals surface area contributed by atoms with Crippen molar-refractivity contribution in [3.8, 4) is 11.8 Å². The highest BCUT2D eigenvalue weighted by atomic mass is 19.1. The molecule has 4 heteroatoms. The summed E-state index contributed by atoms with van der Waals surface area (Å²) in [7, 11) is 0. The number of benzene rings is 1. The smallest absolute Gasteiger partial charge is 0.144 e. The van der Waals surface area contributed by atoms with E-state index in [1.807, 2.05) is 0 Å². The van der Waals surface area contributed by atoms with E-state index in [2.05, 4.69) is 0 Å². The molecule has 74 valence electrons. The highest BCUT2D eigenvalue weighted by Gasteiger charge is 2.02. The summed E-state index contributed by atoms with van der Waals surface area (Å²) in [6, 6.07) is 5.77. The number of aliphatic hydroxyl groups excluding tert-OH is 1. The fourth-order valence-electron chi connectivity index (χ4n) is 0.931. The van der Waals surface area contributed by atoms with E-state index in [1.165, 1.54) is 12.1 Å². The molecule has 1 N–H and O–H groups in total. The van der Waals surface area contributed by atoms with Gasteiger partial charge in [0.2, 0.25) is 0 Å². The lowest BCUT2D eigenvalue weighted by molar-refractivity contribution is 0.233. The summed E-state index contributed by atoms with van der Waals surface area (Å²) in [5.74, 6) is -0.219. The van der Waals surface area contributed by atoms with E-state index in [4.69, 9.17) is 15.1 Å². The van der Waals surface area contributed by atoms with Gasteiger partial charge in [0.1, 0.15) is 17.6 Å². The number of aliphatic hydroxyl groups is 1. The molecule has 0 aromatic heterocycles. The van der Waals surface area contributed by atoms with Gasteiger partial charge in [-0.1, -0.05) is 0 Å². The molecule has 0 aliphatic rings. The zero-order valence-corrected chi connectivity index (χ0v) is 7.53. The van der Waals surface area contributed by atoms with Crippen molar-refractivity contribution in [1.82, 2.24) is 0 Å². The fraction of sp³-hybridized carbons (Fsp3) is 0.300. The first-order valence-corrected chi connectivity index (χ1v) is 4.21. The van der Waals surface area contributed by atoms with Gasteiger partial charge in [0.05, 0.1) is 12.2 Å². The lowest BCUT2D eigenvalue weighted by Gasteiger charge is -2.04. The molecule has 0 fully saturated rings. The minimum absolute atomic E-state index is 0.000455. The van der Waals surface area contributed by atoms with Gasteiger partial charge in [-0.15, -0.1) is 0 Å². The Kier molecular flexibility index (Phi) is 3.89. The van der Waals surface area contributed by atoms with Crippen molar-refractivity contribution >= 4 is 0 Å². The predicted molar refractivity (Wildman–Crippen MR) is 48.3 cm³/mol. The Morgan fingerprint density at radius 1 is 1.50 bits per heavy atom. The molecule has 0 aliphatic heterocycles. The first-order valence-electron chi connectivity index (χ1n) is 4.21. The maximum Gasteiger partial charge on any atom is 0.144 e. The average molecular weight is 195 g/mol. The van der Waals surface area contributed by atoms with Crippen LogP contribution in [0.5, 0.6) is 5.75 Å².